The number of rotatable bonds is 5. The number of fused-ring (bicyclic) bond motifs is 1. The van der Waals surface area contributed by atoms with Crippen molar-refractivity contribution in [2.45, 2.75) is 45.1 Å². The van der Waals surface area contributed by atoms with Crippen molar-refractivity contribution in [3.8, 4) is 0 Å². The molecule has 2 aliphatic rings. The van der Waals surface area contributed by atoms with Crippen LogP contribution in [0.5, 0.6) is 0 Å². The molecule has 0 atom stereocenters. The zero-order valence-electron chi connectivity index (χ0n) is 14.8. The largest absolute Gasteiger partial charge is 0.385 e. The van der Waals surface area contributed by atoms with Crippen molar-refractivity contribution in [1.29, 1.82) is 0 Å². The van der Waals surface area contributed by atoms with Crippen molar-refractivity contribution in [2.24, 2.45) is 0 Å². The van der Waals surface area contributed by atoms with E-state index < -0.39 is 10.0 Å². The van der Waals surface area contributed by atoms with Crippen LogP contribution in [0.2, 0.25) is 0 Å². The molecule has 25 heavy (non-hydrogen) atoms. The highest BCUT2D eigenvalue weighted by Crippen LogP contribution is 2.25. The summed E-state index contributed by atoms with van der Waals surface area (Å²) in [6.45, 7) is 3.80. The van der Waals surface area contributed by atoms with Gasteiger partial charge >= 0.3 is 0 Å². The predicted octanol–water partition coefficient (Wildman–Crippen LogP) is 1.98. The van der Waals surface area contributed by atoms with E-state index in [4.69, 9.17) is 0 Å². The third-order valence-corrected chi connectivity index (χ3v) is 7.06. The zero-order chi connectivity index (χ0) is 17.9. The van der Waals surface area contributed by atoms with E-state index in [1.807, 2.05) is 25.1 Å². The molecular weight excluding hydrogens is 338 g/mol. The van der Waals surface area contributed by atoms with Gasteiger partial charge in [-0.05, 0) is 49.8 Å². The molecule has 6 nitrogen and oxygen atoms in total. The van der Waals surface area contributed by atoms with Crippen LogP contribution in [-0.2, 0) is 16.4 Å². The molecule has 0 aliphatic carbocycles. The second kappa shape index (κ2) is 7.74. The van der Waals surface area contributed by atoms with Gasteiger partial charge in [0.1, 0.15) is 0 Å². The number of carbonyl (C=O) groups excluding carboxylic acids is 1. The van der Waals surface area contributed by atoms with Crippen molar-refractivity contribution in [3.05, 3.63) is 29.3 Å². The van der Waals surface area contributed by atoms with E-state index in [-0.39, 0.29) is 17.7 Å². The summed E-state index contributed by atoms with van der Waals surface area (Å²) in [6.07, 6.45) is 3.92. The monoisotopic (exact) mass is 365 g/mol. The first-order valence-electron chi connectivity index (χ1n) is 9.15. The number of sulfonamides is 1. The van der Waals surface area contributed by atoms with E-state index in [0.717, 1.165) is 36.2 Å². The normalized spacial score (nSPS) is 19.1. The van der Waals surface area contributed by atoms with Gasteiger partial charge in [0.25, 0.3) is 5.91 Å². The molecule has 7 heteroatoms. The number of benzene rings is 1. The van der Waals surface area contributed by atoms with E-state index in [0.29, 0.717) is 32.4 Å². The number of amides is 1. The van der Waals surface area contributed by atoms with Gasteiger partial charge in [-0.2, -0.15) is 0 Å². The van der Waals surface area contributed by atoms with Gasteiger partial charge in [-0.15, -0.1) is 0 Å². The third-order valence-electron chi connectivity index (χ3n) is 4.98. The smallest absolute Gasteiger partial charge is 0.251 e. The first kappa shape index (κ1) is 18.2. The van der Waals surface area contributed by atoms with Crippen molar-refractivity contribution in [2.75, 3.05) is 30.7 Å². The van der Waals surface area contributed by atoms with Crippen LogP contribution < -0.4 is 10.6 Å². The van der Waals surface area contributed by atoms with Crippen LogP contribution in [0.4, 0.5) is 5.69 Å². The number of carbonyl (C=O) groups is 1. The number of nitrogens with zero attached hydrogens (tertiary/aromatic N) is 1. The van der Waals surface area contributed by atoms with E-state index >= 15 is 0 Å². The number of hydrogen-bond donors (Lipinski definition) is 2. The average Bonchev–Trinajstić information content (AvgIpc) is 2.61. The van der Waals surface area contributed by atoms with Gasteiger partial charge in [0.2, 0.25) is 10.0 Å². The lowest BCUT2D eigenvalue weighted by molar-refractivity contribution is 0.0923. The van der Waals surface area contributed by atoms with E-state index in [2.05, 4.69) is 10.6 Å². The second-order valence-corrected chi connectivity index (χ2v) is 8.91. The summed E-state index contributed by atoms with van der Waals surface area (Å²) in [7, 11) is -3.14. The third kappa shape index (κ3) is 4.15. The minimum atomic E-state index is -3.14. The van der Waals surface area contributed by atoms with Crippen molar-refractivity contribution in [3.63, 3.8) is 0 Å². The number of piperidine rings is 1. The first-order valence-corrected chi connectivity index (χ1v) is 10.8. The minimum Gasteiger partial charge on any atom is -0.385 e. The quantitative estimate of drug-likeness (QED) is 0.836. The van der Waals surface area contributed by atoms with Crippen molar-refractivity contribution in [1.82, 2.24) is 9.62 Å². The maximum absolute atomic E-state index is 12.7. The molecule has 1 aromatic rings. The highest BCUT2D eigenvalue weighted by molar-refractivity contribution is 7.89. The number of hydrogen-bond acceptors (Lipinski definition) is 4. The van der Waals surface area contributed by atoms with Crippen LogP contribution in [0, 0.1) is 0 Å². The summed E-state index contributed by atoms with van der Waals surface area (Å²) in [6, 6.07) is 5.84. The summed E-state index contributed by atoms with van der Waals surface area (Å²) in [5, 5.41) is 6.44. The van der Waals surface area contributed by atoms with Gasteiger partial charge in [0.15, 0.2) is 0 Å². The van der Waals surface area contributed by atoms with Crippen LogP contribution in [-0.4, -0.2) is 50.1 Å². The molecule has 0 radical (unpaired) electrons. The Balaban J connectivity index is 1.60. The molecule has 2 N–H and O–H groups in total. The fraction of sp³-hybridized carbons (Fsp3) is 0.611. The Morgan fingerprint density at radius 2 is 2.08 bits per heavy atom. The lowest BCUT2D eigenvalue weighted by atomic mass is 9.96. The molecule has 0 bridgehead atoms. The SMILES string of the molecule is CCCS(=O)(=O)N1CCC(NC(=O)c2cccc3c2CCCN3)CC1. The van der Waals surface area contributed by atoms with Crippen molar-refractivity contribution < 1.29 is 13.2 Å². The molecule has 2 aliphatic heterocycles. The molecule has 1 saturated heterocycles. The highest BCUT2D eigenvalue weighted by atomic mass is 32.2. The molecule has 0 saturated carbocycles. The molecule has 1 amide bonds. The molecule has 0 aromatic heterocycles. The Labute approximate surface area is 150 Å². The molecule has 138 valence electrons. The number of nitrogens with one attached hydrogen (secondary N) is 2. The van der Waals surface area contributed by atoms with Crippen LogP contribution in [0.1, 0.15) is 48.5 Å². The standard InChI is InChI=1S/C18H27N3O3S/c1-2-13-25(23,24)21-11-8-14(9-12-21)20-18(22)16-5-3-7-17-15(16)6-4-10-19-17/h3,5,7,14,19H,2,4,6,8-13H2,1H3,(H,20,22). The Bertz CT molecular complexity index is 725. The van der Waals surface area contributed by atoms with Crippen LogP contribution in [0.15, 0.2) is 18.2 Å². The predicted molar refractivity (Wildman–Crippen MR) is 99.4 cm³/mol. The highest BCUT2D eigenvalue weighted by Gasteiger charge is 2.28. The number of anilines is 1. The summed E-state index contributed by atoms with van der Waals surface area (Å²) >= 11 is 0. The first-order chi connectivity index (χ1) is 12.0. The molecular formula is C18H27N3O3S. The fourth-order valence-corrected chi connectivity index (χ4v) is 5.19. The van der Waals surface area contributed by atoms with Gasteiger partial charge < -0.3 is 10.6 Å². The Hall–Kier alpha value is -1.60. The maximum atomic E-state index is 12.7. The van der Waals surface area contributed by atoms with Crippen molar-refractivity contribution >= 4 is 21.6 Å². The Morgan fingerprint density at radius 3 is 2.80 bits per heavy atom. The summed E-state index contributed by atoms with van der Waals surface area (Å²) < 4.78 is 25.8. The summed E-state index contributed by atoms with van der Waals surface area (Å²) in [5.41, 5.74) is 2.89. The lowest BCUT2D eigenvalue weighted by Gasteiger charge is -2.32. The molecule has 0 spiro atoms. The summed E-state index contributed by atoms with van der Waals surface area (Å²) in [5.74, 6) is 0.156. The van der Waals surface area contributed by atoms with Gasteiger partial charge in [0.05, 0.1) is 5.75 Å². The van der Waals surface area contributed by atoms with Gasteiger partial charge in [-0.1, -0.05) is 13.0 Å². The second-order valence-electron chi connectivity index (χ2n) is 6.82. The lowest BCUT2D eigenvalue weighted by Crippen LogP contribution is -2.47. The molecule has 3 rings (SSSR count). The fourth-order valence-electron chi connectivity index (χ4n) is 3.65. The van der Waals surface area contributed by atoms with Gasteiger partial charge in [-0.3, -0.25) is 4.79 Å². The van der Waals surface area contributed by atoms with Crippen LogP contribution in [0.3, 0.4) is 0 Å². The maximum Gasteiger partial charge on any atom is 0.251 e. The molecule has 0 unspecified atom stereocenters. The molecule has 1 aromatic carbocycles. The van der Waals surface area contributed by atoms with E-state index in [1.54, 1.807) is 4.31 Å². The van der Waals surface area contributed by atoms with E-state index in [9.17, 15) is 13.2 Å². The zero-order valence-corrected chi connectivity index (χ0v) is 15.6. The van der Waals surface area contributed by atoms with E-state index in [1.165, 1.54) is 0 Å². The average molecular weight is 365 g/mol. The van der Waals surface area contributed by atoms with Crippen LogP contribution in [0.25, 0.3) is 0 Å². The molecule has 2 heterocycles. The Morgan fingerprint density at radius 1 is 1.32 bits per heavy atom. The van der Waals surface area contributed by atoms with Gasteiger partial charge in [-0.25, -0.2) is 12.7 Å². The van der Waals surface area contributed by atoms with Crippen LogP contribution >= 0.6 is 0 Å². The summed E-state index contributed by atoms with van der Waals surface area (Å²) in [4.78, 5) is 12.7. The topological polar surface area (TPSA) is 78.5 Å². The Kier molecular flexibility index (Phi) is 5.64. The minimum absolute atomic E-state index is 0.0352. The van der Waals surface area contributed by atoms with Gasteiger partial charge in [0, 0.05) is 36.9 Å². The molecule has 1 fully saturated rings.